The number of likely N-dealkylation sites (tertiary alicyclic amines) is 1. The molecule has 1 atom stereocenters. The first-order chi connectivity index (χ1) is 9.87. The highest BCUT2D eigenvalue weighted by molar-refractivity contribution is 8.13. The van der Waals surface area contributed by atoms with E-state index in [4.69, 9.17) is 15.4 Å². The predicted molar refractivity (Wildman–Crippen MR) is 81.0 cm³/mol. The Morgan fingerprint density at radius 1 is 1.43 bits per heavy atom. The number of halogens is 1. The molecule has 0 aliphatic carbocycles. The largest absolute Gasteiger partial charge is 0.497 e. The molecule has 1 aliphatic heterocycles. The fraction of sp³-hybridized carbons (Fsp3) is 0.500. The summed E-state index contributed by atoms with van der Waals surface area (Å²) in [5.74, 6) is 0.426. The van der Waals surface area contributed by atoms with E-state index in [1.165, 1.54) is 0 Å². The highest BCUT2D eigenvalue weighted by Gasteiger charge is 2.31. The number of hydrogen-bond acceptors (Lipinski definition) is 4. The molecule has 0 aromatic heterocycles. The van der Waals surface area contributed by atoms with Crippen LogP contribution < -0.4 is 4.74 Å². The minimum Gasteiger partial charge on any atom is -0.497 e. The average Bonchev–Trinajstić information content (AvgIpc) is 2.74. The van der Waals surface area contributed by atoms with E-state index >= 15 is 0 Å². The minimum absolute atomic E-state index is 0.0109. The van der Waals surface area contributed by atoms with Crippen LogP contribution >= 0.6 is 10.7 Å². The molecule has 0 radical (unpaired) electrons. The van der Waals surface area contributed by atoms with Crippen molar-refractivity contribution in [3.8, 4) is 5.75 Å². The van der Waals surface area contributed by atoms with Gasteiger partial charge in [0.2, 0.25) is 15.0 Å². The van der Waals surface area contributed by atoms with Crippen LogP contribution in [0.1, 0.15) is 12.0 Å². The number of hydrogen-bond donors (Lipinski definition) is 0. The van der Waals surface area contributed by atoms with Crippen molar-refractivity contribution in [2.75, 3.05) is 26.0 Å². The highest BCUT2D eigenvalue weighted by Crippen LogP contribution is 2.21. The fourth-order valence-corrected chi connectivity index (χ4v) is 3.88. The molecule has 2 rings (SSSR count). The van der Waals surface area contributed by atoms with E-state index in [2.05, 4.69) is 0 Å². The van der Waals surface area contributed by atoms with Gasteiger partial charge in [0.05, 0.1) is 12.9 Å². The molecule has 5 nitrogen and oxygen atoms in total. The van der Waals surface area contributed by atoms with Crippen LogP contribution in [0, 0.1) is 5.92 Å². The Kier molecular flexibility index (Phi) is 5.11. The number of amides is 1. The van der Waals surface area contributed by atoms with Gasteiger partial charge in [0.1, 0.15) is 5.75 Å². The fourth-order valence-electron chi connectivity index (χ4n) is 2.56. The maximum absolute atomic E-state index is 11.9. The maximum atomic E-state index is 11.9. The second-order valence-corrected chi connectivity index (χ2v) is 8.04. The standard InChI is InChI=1S/C14H18ClNO4S/c1-20-13-4-2-3-11(7-13)5-6-16-9-12(8-14(16)17)10-21(15,18)19/h2-4,7,12H,5-6,8-10H2,1H3. The van der Waals surface area contributed by atoms with Crippen LogP contribution in [0.3, 0.4) is 0 Å². The Morgan fingerprint density at radius 3 is 2.86 bits per heavy atom. The molecular weight excluding hydrogens is 314 g/mol. The van der Waals surface area contributed by atoms with Crippen molar-refractivity contribution in [3.63, 3.8) is 0 Å². The van der Waals surface area contributed by atoms with E-state index in [0.29, 0.717) is 19.5 Å². The van der Waals surface area contributed by atoms with E-state index in [9.17, 15) is 13.2 Å². The van der Waals surface area contributed by atoms with Gasteiger partial charge in [0.15, 0.2) is 0 Å². The van der Waals surface area contributed by atoms with Crippen LogP contribution in [-0.2, 0) is 20.3 Å². The van der Waals surface area contributed by atoms with Gasteiger partial charge in [-0.2, -0.15) is 0 Å². The lowest BCUT2D eigenvalue weighted by Gasteiger charge is -2.16. The molecule has 1 heterocycles. The Hall–Kier alpha value is -1.27. The number of methoxy groups -OCH3 is 1. The summed E-state index contributed by atoms with van der Waals surface area (Å²) < 4.78 is 27.3. The molecule has 1 aromatic carbocycles. The first kappa shape index (κ1) is 16.1. The van der Waals surface area contributed by atoms with Crippen molar-refractivity contribution in [1.29, 1.82) is 0 Å². The van der Waals surface area contributed by atoms with E-state index in [1.54, 1.807) is 12.0 Å². The molecule has 0 bridgehead atoms. The molecule has 1 aromatic rings. The highest BCUT2D eigenvalue weighted by atomic mass is 35.7. The van der Waals surface area contributed by atoms with Gasteiger partial charge in [-0.25, -0.2) is 8.42 Å². The summed E-state index contributed by atoms with van der Waals surface area (Å²) in [6.45, 7) is 1.03. The lowest BCUT2D eigenvalue weighted by molar-refractivity contribution is -0.127. The van der Waals surface area contributed by atoms with Crippen molar-refractivity contribution in [2.45, 2.75) is 12.8 Å². The molecule has 0 N–H and O–H groups in total. The smallest absolute Gasteiger partial charge is 0.232 e. The first-order valence-corrected chi connectivity index (χ1v) is 9.18. The second-order valence-electron chi connectivity index (χ2n) is 5.22. The third-order valence-electron chi connectivity index (χ3n) is 3.53. The van der Waals surface area contributed by atoms with E-state index < -0.39 is 9.05 Å². The van der Waals surface area contributed by atoms with Crippen molar-refractivity contribution >= 4 is 25.6 Å². The third-order valence-corrected chi connectivity index (χ3v) is 4.78. The summed E-state index contributed by atoms with van der Waals surface area (Å²) in [5.41, 5.74) is 1.08. The molecule has 0 saturated carbocycles. The van der Waals surface area contributed by atoms with E-state index in [1.807, 2.05) is 24.3 Å². The third kappa shape index (κ3) is 4.89. The Morgan fingerprint density at radius 2 is 2.19 bits per heavy atom. The molecule has 116 valence electrons. The van der Waals surface area contributed by atoms with Crippen LogP contribution in [0.2, 0.25) is 0 Å². The number of ether oxygens (including phenoxy) is 1. The summed E-state index contributed by atoms with van der Waals surface area (Å²) >= 11 is 0. The molecule has 21 heavy (non-hydrogen) atoms. The normalized spacial score (nSPS) is 19.0. The zero-order chi connectivity index (χ0) is 15.5. The van der Waals surface area contributed by atoms with Gasteiger partial charge in [-0.1, -0.05) is 12.1 Å². The van der Waals surface area contributed by atoms with Crippen molar-refractivity contribution in [3.05, 3.63) is 29.8 Å². The van der Waals surface area contributed by atoms with E-state index in [-0.39, 0.29) is 24.0 Å². The molecular formula is C14H18ClNO4S. The molecule has 1 aliphatic rings. The minimum atomic E-state index is -3.55. The Bertz CT molecular complexity index is 617. The first-order valence-electron chi connectivity index (χ1n) is 6.70. The van der Waals surface area contributed by atoms with Gasteiger partial charge >= 0.3 is 0 Å². The SMILES string of the molecule is COc1cccc(CCN2CC(CS(=O)(=O)Cl)CC2=O)c1. The molecule has 1 amide bonds. The van der Waals surface area contributed by atoms with Crippen LogP contribution in [0.15, 0.2) is 24.3 Å². The summed E-state index contributed by atoms with van der Waals surface area (Å²) in [7, 11) is 3.30. The average molecular weight is 332 g/mol. The number of carbonyl (C=O) groups excluding carboxylic acids is 1. The van der Waals surface area contributed by atoms with Crippen LogP contribution in [0.5, 0.6) is 5.75 Å². The molecule has 7 heteroatoms. The van der Waals surface area contributed by atoms with Crippen molar-refractivity contribution in [2.24, 2.45) is 5.92 Å². The van der Waals surface area contributed by atoms with Crippen LogP contribution in [0.25, 0.3) is 0 Å². The number of rotatable bonds is 6. The van der Waals surface area contributed by atoms with Crippen molar-refractivity contribution in [1.82, 2.24) is 4.90 Å². The molecule has 0 spiro atoms. The molecule has 1 saturated heterocycles. The summed E-state index contributed by atoms with van der Waals surface area (Å²) in [6, 6.07) is 7.68. The van der Waals surface area contributed by atoms with Gasteiger partial charge in [0.25, 0.3) is 0 Å². The zero-order valence-corrected chi connectivity index (χ0v) is 13.4. The van der Waals surface area contributed by atoms with Crippen LogP contribution in [0.4, 0.5) is 0 Å². The number of nitrogens with zero attached hydrogens (tertiary/aromatic N) is 1. The summed E-state index contributed by atoms with van der Waals surface area (Å²) in [5, 5.41) is 0. The second kappa shape index (κ2) is 6.66. The Labute approximate surface area is 129 Å². The van der Waals surface area contributed by atoms with Gasteiger partial charge < -0.3 is 9.64 Å². The molecule has 1 unspecified atom stereocenters. The lowest BCUT2D eigenvalue weighted by atomic mass is 10.1. The lowest BCUT2D eigenvalue weighted by Crippen LogP contribution is -2.28. The molecule has 1 fully saturated rings. The number of carbonyl (C=O) groups is 1. The summed E-state index contributed by atoms with van der Waals surface area (Å²) in [4.78, 5) is 13.6. The van der Waals surface area contributed by atoms with Crippen molar-refractivity contribution < 1.29 is 17.9 Å². The maximum Gasteiger partial charge on any atom is 0.232 e. The van der Waals surface area contributed by atoms with Gasteiger partial charge in [-0.3, -0.25) is 4.79 Å². The Balaban J connectivity index is 1.90. The van der Waals surface area contributed by atoms with E-state index in [0.717, 1.165) is 11.3 Å². The van der Waals surface area contributed by atoms with Crippen LogP contribution in [-0.4, -0.2) is 45.2 Å². The predicted octanol–water partition coefficient (Wildman–Crippen LogP) is 1.65. The monoisotopic (exact) mass is 331 g/mol. The number of benzene rings is 1. The quantitative estimate of drug-likeness (QED) is 0.744. The summed E-state index contributed by atoms with van der Waals surface area (Å²) in [6.07, 6.45) is 0.966. The van der Waals surface area contributed by atoms with Gasteiger partial charge in [0, 0.05) is 36.1 Å². The zero-order valence-electron chi connectivity index (χ0n) is 11.8. The van der Waals surface area contributed by atoms with Gasteiger partial charge in [-0.15, -0.1) is 0 Å². The topological polar surface area (TPSA) is 63.7 Å². The van der Waals surface area contributed by atoms with Gasteiger partial charge in [-0.05, 0) is 24.1 Å².